The van der Waals surface area contributed by atoms with Gasteiger partial charge < -0.3 is 5.11 Å². The first-order chi connectivity index (χ1) is 23.6. The minimum atomic E-state index is -1.44. The van der Waals surface area contributed by atoms with Crippen molar-refractivity contribution in [2.75, 3.05) is 11.2 Å². The lowest BCUT2D eigenvalue weighted by molar-refractivity contribution is 0.131. The number of para-hydroxylation sites is 2. The quantitative estimate of drug-likeness (QED) is 0.101. The topological polar surface area (TPSA) is 62.1 Å². The molecule has 1 aliphatic carbocycles. The molecular weight excluding hydrogens is 609 g/mol. The third-order valence-corrected chi connectivity index (χ3v) is 9.20. The van der Waals surface area contributed by atoms with E-state index in [2.05, 4.69) is 38.1 Å². The Kier molecular flexibility index (Phi) is 9.48. The molecule has 1 unspecified atom stereocenters. The number of benzene rings is 5. The van der Waals surface area contributed by atoms with Gasteiger partial charge in [0.05, 0.1) is 5.69 Å². The van der Waals surface area contributed by atoms with Gasteiger partial charge in [0.25, 0.3) is 0 Å². The third kappa shape index (κ3) is 5.55. The minimum absolute atomic E-state index is 0.427. The van der Waals surface area contributed by atoms with Gasteiger partial charge in [-0.05, 0) is 43.0 Å². The number of aromatic nitrogens is 3. The number of thioether (sulfide) groups is 1. The highest BCUT2D eigenvalue weighted by atomic mass is 32.2. The molecule has 1 N–H and O–H groups in total. The lowest BCUT2D eigenvalue weighted by atomic mass is 9.83. The van der Waals surface area contributed by atoms with Crippen LogP contribution < -0.4 is 4.90 Å². The van der Waals surface area contributed by atoms with Gasteiger partial charge in [0.2, 0.25) is 5.95 Å². The van der Waals surface area contributed by atoms with Gasteiger partial charge in [-0.3, -0.25) is 4.90 Å². The average molecular weight is 645 g/mol. The molecule has 1 aromatic heterocycles. The molecule has 236 valence electrons. The molecular formula is C42H36N4OS. The van der Waals surface area contributed by atoms with E-state index in [9.17, 15) is 5.11 Å². The van der Waals surface area contributed by atoms with Crippen LogP contribution in [-0.4, -0.2) is 26.3 Å². The van der Waals surface area contributed by atoms with Gasteiger partial charge in [-0.15, -0.1) is 24.9 Å². The van der Waals surface area contributed by atoms with Gasteiger partial charge in [-0.25, -0.2) is 4.98 Å². The molecule has 6 aromatic rings. The smallest absolute Gasteiger partial charge is 0.238 e. The van der Waals surface area contributed by atoms with Crippen molar-refractivity contribution in [1.29, 1.82) is 0 Å². The molecule has 0 saturated carbocycles. The molecule has 1 aliphatic rings. The van der Waals surface area contributed by atoms with Crippen molar-refractivity contribution in [3.8, 4) is 22.5 Å². The summed E-state index contributed by atoms with van der Waals surface area (Å²) in [5, 5.41) is 13.2. The van der Waals surface area contributed by atoms with E-state index in [0.717, 1.165) is 55.2 Å². The van der Waals surface area contributed by atoms with E-state index in [1.54, 1.807) is 17.8 Å². The normalized spacial score (nSPS) is 14.7. The Balaban J connectivity index is 0.00000197. The lowest BCUT2D eigenvalue weighted by Crippen LogP contribution is -2.29. The van der Waals surface area contributed by atoms with Crippen LogP contribution in [0.1, 0.15) is 29.4 Å². The van der Waals surface area contributed by atoms with Crippen LogP contribution in [0.2, 0.25) is 0 Å². The Labute approximate surface area is 286 Å². The predicted octanol–water partition coefficient (Wildman–Crippen LogP) is 10.4. The molecule has 1 heterocycles. The van der Waals surface area contributed by atoms with E-state index in [4.69, 9.17) is 15.0 Å². The molecule has 5 nitrogen and oxygen atoms in total. The summed E-state index contributed by atoms with van der Waals surface area (Å²) in [6.07, 6.45) is 5.78. The van der Waals surface area contributed by atoms with Crippen LogP contribution in [0.15, 0.2) is 164 Å². The Bertz CT molecular complexity index is 2110. The fraction of sp³-hybridized carbons (Fsp3) is 0.0714. The molecule has 0 saturated heterocycles. The lowest BCUT2D eigenvalue weighted by Gasteiger charge is -2.33. The minimum Gasteiger partial charge on any atom is -0.376 e. The number of fused-ring (bicyclic) bond motifs is 3. The van der Waals surface area contributed by atoms with Crippen molar-refractivity contribution in [2.45, 2.75) is 17.4 Å². The zero-order valence-corrected chi connectivity index (χ0v) is 27.9. The standard InChI is InChI=1S/C40H32N4OS.C2H4/c1-4-27(5-2)37-41-38(28-17-8-6-9-18-28)43-39(42-37)44(29-19-10-7-11-20-29)34-25-15-14-23-32(34)40(45)31-22-13-12-21-30(31)36-33(40)24-16-26-35(36)46-3;1-2/h4-26,45H,1H2,2-3H3;1-2H2/b27-5+;. The van der Waals surface area contributed by atoms with E-state index in [1.165, 1.54) is 0 Å². The van der Waals surface area contributed by atoms with Crippen molar-refractivity contribution >= 4 is 34.7 Å². The summed E-state index contributed by atoms with van der Waals surface area (Å²) >= 11 is 1.68. The highest BCUT2D eigenvalue weighted by Gasteiger charge is 2.46. The van der Waals surface area contributed by atoms with Gasteiger partial charge in [0.1, 0.15) is 5.60 Å². The van der Waals surface area contributed by atoms with Crippen molar-refractivity contribution in [1.82, 2.24) is 15.0 Å². The van der Waals surface area contributed by atoms with Crippen molar-refractivity contribution in [3.63, 3.8) is 0 Å². The Hall–Kier alpha value is -5.56. The highest BCUT2D eigenvalue weighted by Crippen LogP contribution is 2.55. The van der Waals surface area contributed by atoms with Gasteiger partial charge in [-0.1, -0.05) is 122 Å². The van der Waals surface area contributed by atoms with E-state index in [0.29, 0.717) is 17.6 Å². The first-order valence-electron chi connectivity index (χ1n) is 15.6. The zero-order valence-electron chi connectivity index (χ0n) is 27.0. The summed E-state index contributed by atoms with van der Waals surface area (Å²) in [6, 6.07) is 42.2. The molecule has 6 heteroatoms. The van der Waals surface area contributed by atoms with E-state index < -0.39 is 5.60 Å². The second-order valence-corrected chi connectivity index (χ2v) is 11.8. The Morgan fingerprint density at radius 3 is 2.04 bits per heavy atom. The Morgan fingerprint density at radius 2 is 1.35 bits per heavy atom. The summed E-state index contributed by atoms with van der Waals surface area (Å²) in [4.78, 5) is 18.1. The second kappa shape index (κ2) is 14.1. The predicted molar refractivity (Wildman–Crippen MR) is 201 cm³/mol. The maximum Gasteiger partial charge on any atom is 0.238 e. The van der Waals surface area contributed by atoms with E-state index >= 15 is 0 Å². The van der Waals surface area contributed by atoms with Crippen LogP contribution in [0.5, 0.6) is 0 Å². The second-order valence-electron chi connectivity index (χ2n) is 10.9. The molecule has 0 aliphatic heterocycles. The van der Waals surface area contributed by atoms with Crippen molar-refractivity contribution in [3.05, 3.63) is 182 Å². The van der Waals surface area contributed by atoms with E-state index in [1.807, 2.05) is 133 Å². The molecule has 0 amide bonds. The van der Waals surface area contributed by atoms with Crippen molar-refractivity contribution in [2.24, 2.45) is 0 Å². The van der Waals surface area contributed by atoms with Gasteiger partial charge in [-0.2, -0.15) is 9.97 Å². The van der Waals surface area contributed by atoms with Crippen LogP contribution in [0.3, 0.4) is 0 Å². The van der Waals surface area contributed by atoms with Gasteiger partial charge in [0.15, 0.2) is 11.6 Å². The molecule has 0 radical (unpaired) electrons. The molecule has 7 rings (SSSR count). The first kappa shape index (κ1) is 32.4. The molecule has 0 fully saturated rings. The van der Waals surface area contributed by atoms with Crippen LogP contribution >= 0.6 is 11.8 Å². The van der Waals surface area contributed by atoms with Crippen molar-refractivity contribution < 1.29 is 5.11 Å². The van der Waals surface area contributed by atoms with E-state index in [-0.39, 0.29) is 0 Å². The number of rotatable bonds is 8. The SMILES string of the molecule is C=C.C=C/C(=C\C)c1nc(-c2ccccc2)nc(N(c2ccccc2)c2ccccc2C2(O)c3ccccc3-c3c(SC)cccc32)n1. The maximum atomic E-state index is 13.2. The molecule has 5 aromatic carbocycles. The summed E-state index contributed by atoms with van der Waals surface area (Å²) in [5.74, 6) is 1.48. The largest absolute Gasteiger partial charge is 0.376 e. The first-order valence-corrected chi connectivity index (χ1v) is 16.9. The summed E-state index contributed by atoms with van der Waals surface area (Å²) in [7, 11) is 0. The maximum absolute atomic E-state index is 13.2. The monoisotopic (exact) mass is 644 g/mol. The van der Waals surface area contributed by atoms with Gasteiger partial charge >= 0.3 is 0 Å². The fourth-order valence-electron chi connectivity index (χ4n) is 6.29. The average Bonchev–Trinajstić information content (AvgIpc) is 3.43. The molecule has 1 atom stereocenters. The number of nitrogens with zero attached hydrogens (tertiary/aromatic N) is 4. The number of anilines is 3. The summed E-state index contributed by atoms with van der Waals surface area (Å²) < 4.78 is 0. The van der Waals surface area contributed by atoms with Crippen LogP contribution in [0.25, 0.3) is 28.1 Å². The van der Waals surface area contributed by atoms with Gasteiger partial charge in [0, 0.05) is 44.0 Å². The number of allylic oxidation sites excluding steroid dienone is 3. The van der Waals surface area contributed by atoms with Crippen LogP contribution in [0, 0.1) is 0 Å². The summed E-state index contributed by atoms with van der Waals surface area (Å²) in [5.41, 5.74) is 6.34. The zero-order chi connectivity index (χ0) is 33.7. The molecule has 48 heavy (non-hydrogen) atoms. The fourth-order valence-corrected chi connectivity index (χ4v) is 6.93. The Morgan fingerprint density at radius 1 is 0.729 bits per heavy atom. The summed E-state index contributed by atoms with van der Waals surface area (Å²) in [6.45, 7) is 12.0. The number of hydrogen-bond donors (Lipinski definition) is 1. The third-order valence-electron chi connectivity index (χ3n) is 8.42. The van der Waals surface area contributed by atoms with Crippen LogP contribution in [-0.2, 0) is 5.60 Å². The number of aliphatic hydroxyl groups is 1. The molecule has 0 bridgehead atoms. The number of hydrogen-bond acceptors (Lipinski definition) is 6. The highest BCUT2D eigenvalue weighted by molar-refractivity contribution is 7.98. The van der Waals surface area contributed by atoms with Crippen LogP contribution in [0.4, 0.5) is 17.3 Å². The molecule has 0 spiro atoms.